The average Bonchev–Trinajstić information content (AvgIpc) is 2.31. The first-order valence-corrected chi connectivity index (χ1v) is 5.98. The molecule has 0 aliphatic heterocycles. The monoisotopic (exact) mass is 260 g/mol. The summed E-state index contributed by atoms with van der Waals surface area (Å²) in [5.74, 6) is -0.223. The van der Waals surface area contributed by atoms with Gasteiger partial charge in [0.2, 0.25) is 5.91 Å². The molecule has 0 radical (unpaired) electrons. The van der Waals surface area contributed by atoms with E-state index in [0.717, 1.165) is 0 Å². The van der Waals surface area contributed by atoms with Crippen molar-refractivity contribution >= 4 is 16.9 Å². The van der Waals surface area contributed by atoms with E-state index in [-0.39, 0.29) is 23.6 Å². The summed E-state index contributed by atoms with van der Waals surface area (Å²) in [6.07, 6.45) is 2.92. The van der Waals surface area contributed by atoms with Gasteiger partial charge in [-0.1, -0.05) is 0 Å². The Hall–Kier alpha value is -2.24. The third-order valence-electron chi connectivity index (χ3n) is 2.43. The second-order valence-corrected chi connectivity index (χ2v) is 5.35. The molecule has 2 rings (SSSR count). The van der Waals surface area contributed by atoms with E-state index in [1.165, 1.54) is 10.9 Å². The maximum atomic E-state index is 12.1. The Balaban J connectivity index is 2.29. The second kappa shape index (κ2) is 4.79. The van der Waals surface area contributed by atoms with Crippen molar-refractivity contribution in [2.75, 3.05) is 0 Å². The molecule has 0 atom stereocenters. The van der Waals surface area contributed by atoms with Crippen LogP contribution in [0.4, 0.5) is 0 Å². The van der Waals surface area contributed by atoms with Crippen LogP contribution in [0.5, 0.6) is 0 Å². The standard InChI is InChI=1S/C13H16N4O2/c1-13(2,3)16-10(18)7-17-8-15-11-9(12(17)19)5-4-6-14-11/h4-6,8H,7H2,1-3H3,(H,16,18). The molecule has 0 saturated carbocycles. The summed E-state index contributed by atoms with van der Waals surface area (Å²) in [5, 5.41) is 3.21. The van der Waals surface area contributed by atoms with Crippen LogP contribution in [-0.4, -0.2) is 26.0 Å². The van der Waals surface area contributed by atoms with Crippen LogP contribution in [0.3, 0.4) is 0 Å². The number of carbonyl (C=O) groups is 1. The molecule has 0 saturated heterocycles. The predicted octanol–water partition coefficient (Wildman–Crippen LogP) is 0.706. The van der Waals surface area contributed by atoms with Crippen LogP contribution >= 0.6 is 0 Å². The quantitative estimate of drug-likeness (QED) is 0.862. The van der Waals surface area contributed by atoms with E-state index in [1.54, 1.807) is 18.3 Å². The number of hydrogen-bond donors (Lipinski definition) is 1. The molecule has 2 aromatic heterocycles. The molecule has 100 valence electrons. The summed E-state index contributed by atoms with van der Waals surface area (Å²) in [5.41, 5.74) is -0.200. The van der Waals surface area contributed by atoms with Gasteiger partial charge in [0, 0.05) is 11.7 Å². The van der Waals surface area contributed by atoms with Gasteiger partial charge in [-0.05, 0) is 32.9 Å². The molecule has 0 fully saturated rings. The Bertz CT molecular complexity index is 670. The Morgan fingerprint density at radius 1 is 1.37 bits per heavy atom. The van der Waals surface area contributed by atoms with E-state index in [9.17, 15) is 9.59 Å². The van der Waals surface area contributed by atoms with Crippen molar-refractivity contribution in [1.29, 1.82) is 0 Å². The number of nitrogens with one attached hydrogen (secondary N) is 1. The zero-order chi connectivity index (χ0) is 14.0. The highest BCUT2D eigenvalue weighted by Gasteiger charge is 2.15. The Morgan fingerprint density at radius 2 is 2.11 bits per heavy atom. The number of amides is 1. The van der Waals surface area contributed by atoms with E-state index >= 15 is 0 Å². The average molecular weight is 260 g/mol. The summed E-state index contributed by atoms with van der Waals surface area (Å²) in [6.45, 7) is 5.61. The summed E-state index contributed by atoms with van der Waals surface area (Å²) in [4.78, 5) is 32.0. The first-order valence-electron chi connectivity index (χ1n) is 5.98. The van der Waals surface area contributed by atoms with Crippen LogP contribution in [0.25, 0.3) is 11.0 Å². The lowest BCUT2D eigenvalue weighted by atomic mass is 10.1. The lowest BCUT2D eigenvalue weighted by Crippen LogP contribution is -2.43. The van der Waals surface area contributed by atoms with Crippen LogP contribution < -0.4 is 10.9 Å². The van der Waals surface area contributed by atoms with E-state index in [0.29, 0.717) is 11.0 Å². The summed E-state index contributed by atoms with van der Waals surface area (Å²) >= 11 is 0. The summed E-state index contributed by atoms with van der Waals surface area (Å²) < 4.78 is 1.28. The van der Waals surface area contributed by atoms with Crippen molar-refractivity contribution in [2.24, 2.45) is 0 Å². The van der Waals surface area contributed by atoms with E-state index in [4.69, 9.17) is 0 Å². The highest BCUT2D eigenvalue weighted by atomic mass is 16.2. The van der Waals surface area contributed by atoms with E-state index < -0.39 is 0 Å². The highest BCUT2D eigenvalue weighted by Crippen LogP contribution is 2.02. The zero-order valence-corrected chi connectivity index (χ0v) is 11.2. The minimum absolute atomic E-state index is 0.0477. The Kier molecular flexibility index (Phi) is 3.33. The number of carbonyl (C=O) groups excluding carboxylic acids is 1. The van der Waals surface area contributed by atoms with Gasteiger partial charge in [-0.15, -0.1) is 0 Å². The molecule has 2 heterocycles. The Morgan fingerprint density at radius 3 is 2.79 bits per heavy atom. The fourth-order valence-corrected chi connectivity index (χ4v) is 1.72. The van der Waals surface area contributed by atoms with Gasteiger partial charge < -0.3 is 5.32 Å². The zero-order valence-electron chi connectivity index (χ0n) is 11.2. The Labute approximate surface area is 110 Å². The SMILES string of the molecule is CC(C)(C)NC(=O)Cn1cnc2ncccc2c1=O. The first-order chi connectivity index (χ1) is 8.87. The molecule has 6 heteroatoms. The molecule has 0 unspecified atom stereocenters. The van der Waals surface area contributed by atoms with Crippen molar-refractivity contribution in [1.82, 2.24) is 19.9 Å². The maximum absolute atomic E-state index is 12.1. The number of hydrogen-bond acceptors (Lipinski definition) is 4. The number of rotatable bonds is 2. The summed E-state index contributed by atoms with van der Waals surface area (Å²) in [6, 6.07) is 3.32. The fourth-order valence-electron chi connectivity index (χ4n) is 1.72. The van der Waals surface area contributed by atoms with Gasteiger partial charge in [-0.3, -0.25) is 14.2 Å². The molecule has 0 bridgehead atoms. The summed E-state index contributed by atoms with van der Waals surface area (Å²) in [7, 11) is 0. The number of fused-ring (bicyclic) bond motifs is 1. The molecule has 0 aliphatic carbocycles. The smallest absolute Gasteiger partial charge is 0.263 e. The van der Waals surface area contributed by atoms with Crippen LogP contribution in [0.2, 0.25) is 0 Å². The minimum Gasteiger partial charge on any atom is -0.350 e. The third kappa shape index (κ3) is 3.15. The lowest BCUT2D eigenvalue weighted by molar-refractivity contribution is -0.123. The second-order valence-electron chi connectivity index (χ2n) is 5.35. The molecular weight excluding hydrogens is 244 g/mol. The van der Waals surface area contributed by atoms with Crippen LogP contribution in [0.1, 0.15) is 20.8 Å². The van der Waals surface area contributed by atoms with Gasteiger partial charge in [0.05, 0.1) is 5.39 Å². The van der Waals surface area contributed by atoms with Crippen LogP contribution in [-0.2, 0) is 11.3 Å². The van der Waals surface area contributed by atoms with Crippen molar-refractivity contribution in [3.8, 4) is 0 Å². The van der Waals surface area contributed by atoms with Gasteiger partial charge in [0.25, 0.3) is 5.56 Å². The predicted molar refractivity (Wildman–Crippen MR) is 71.7 cm³/mol. The molecule has 0 spiro atoms. The molecule has 6 nitrogen and oxygen atoms in total. The lowest BCUT2D eigenvalue weighted by Gasteiger charge is -2.20. The van der Waals surface area contributed by atoms with E-state index in [2.05, 4.69) is 15.3 Å². The van der Waals surface area contributed by atoms with Crippen molar-refractivity contribution in [3.63, 3.8) is 0 Å². The highest BCUT2D eigenvalue weighted by molar-refractivity contribution is 5.77. The maximum Gasteiger partial charge on any atom is 0.263 e. The molecule has 0 aromatic carbocycles. The molecule has 2 aromatic rings. The number of nitrogens with zero attached hydrogens (tertiary/aromatic N) is 3. The topological polar surface area (TPSA) is 76.9 Å². The molecule has 1 amide bonds. The van der Waals surface area contributed by atoms with Crippen LogP contribution in [0, 0.1) is 0 Å². The van der Waals surface area contributed by atoms with Gasteiger partial charge in [0.15, 0.2) is 5.65 Å². The first kappa shape index (κ1) is 13.2. The van der Waals surface area contributed by atoms with Gasteiger partial charge in [0.1, 0.15) is 12.9 Å². The number of pyridine rings is 1. The molecule has 19 heavy (non-hydrogen) atoms. The molecule has 1 N–H and O–H groups in total. The minimum atomic E-state index is -0.327. The van der Waals surface area contributed by atoms with Crippen molar-refractivity contribution < 1.29 is 4.79 Å². The molecular formula is C13H16N4O2. The van der Waals surface area contributed by atoms with Gasteiger partial charge >= 0.3 is 0 Å². The van der Waals surface area contributed by atoms with Crippen molar-refractivity contribution in [3.05, 3.63) is 35.0 Å². The fraction of sp³-hybridized carbons (Fsp3) is 0.385. The largest absolute Gasteiger partial charge is 0.350 e. The van der Waals surface area contributed by atoms with Crippen molar-refractivity contribution in [2.45, 2.75) is 32.9 Å². The van der Waals surface area contributed by atoms with Gasteiger partial charge in [-0.25, -0.2) is 9.97 Å². The van der Waals surface area contributed by atoms with E-state index in [1.807, 2.05) is 20.8 Å². The van der Waals surface area contributed by atoms with Crippen LogP contribution in [0.15, 0.2) is 29.5 Å². The molecule has 0 aliphatic rings. The number of aromatic nitrogens is 3. The van der Waals surface area contributed by atoms with Gasteiger partial charge in [-0.2, -0.15) is 0 Å². The third-order valence-corrected chi connectivity index (χ3v) is 2.43. The normalized spacial score (nSPS) is 11.5.